The number of benzene rings is 8. The highest BCUT2D eigenvalue weighted by atomic mass is 19.4. The molecule has 5 nitrogen and oxygen atoms in total. The lowest BCUT2D eigenvalue weighted by Gasteiger charge is -2.21. The molecule has 0 saturated heterocycles. The van der Waals surface area contributed by atoms with Gasteiger partial charge >= 0.3 is 30.9 Å². The minimum Gasteiger partial charge on any atom is -0.309 e. The fraction of sp³-hybridized carbons (Fsp3) is 0.0893. The first kappa shape index (κ1) is 49.5. The van der Waals surface area contributed by atoms with Gasteiger partial charge < -0.3 is 9.13 Å². The Morgan fingerprint density at radius 3 is 0.934 bits per heavy atom. The molecule has 0 spiro atoms. The number of hydrogen-bond donors (Lipinski definition) is 0. The molecule has 0 amide bonds. The largest absolute Gasteiger partial charge is 0.416 e. The molecule has 3 aromatic heterocycles. The van der Waals surface area contributed by atoms with Crippen molar-refractivity contribution in [2.45, 2.75) is 30.9 Å². The maximum absolute atomic E-state index is 15.0. The minimum absolute atomic E-state index is 0.0485. The molecule has 0 aliphatic heterocycles. The Kier molecular flexibility index (Phi) is 11.4. The van der Waals surface area contributed by atoms with Gasteiger partial charge in [0.15, 0.2) is 17.5 Å². The molecule has 8 aromatic carbocycles. The number of nitrogens with zero attached hydrogens (tertiary/aromatic N) is 5. The summed E-state index contributed by atoms with van der Waals surface area (Å²) in [4.78, 5) is 14.2. The molecule has 0 atom stereocenters. The zero-order valence-corrected chi connectivity index (χ0v) is 38.1. The van der Waals surface area contributed by atoms with Crippen LogP contribution in [0.2, 0.25) is 0 Å². The standard InChI is InChI=1S/C56H28F15N5/c57-52(58,59)32-12-18-43(75-44-19-13-33(53(60,61)62)25-39(44)40-26-34(54(63,64)65)14-20-45(40)75)38(24-32)37-17-11-31(51-73-49(29-7-3-1-4-8-29)72-50(74-51)30-9-5-2-6-10-30)23-48(37)76-46-21-15-35(55(66,67)68)27-41(46)42-28-36(56(69,70)71)16-22-47(42)76/h1-28H. The van der Waals surface area contributed by atoms with Crippen molar-refractivity contribution >= 4 is 43.6 Å². The zero-order chi connectivity index (χ0) is 53.9. The SMILES string of the molecule is FC(F)(F)c1ccc(-n2c3ccc(C(F)(F)F)cc3c3cc(C(F)(F)F)ccc32)c(-c2ccc(-c3nc(-c4ccccc4)nc(-c4ccccc4)n3)cc2-n2c3ccc(C(F)(F)F)cc3c3cc(C(F)(F)F)ccc32)c1. The molecule has 0 bridgehead atoms. The van der Waals surface area contributed by atoms with E-state index in [0.29, 0.717) is 71.8 Å². The number of halogens is 15. The predicted molar refractivity (Wildman–Crippen MR) is 255 cm³/mol. The molecule has 0 N–H and O–H groups in total. The van der Waals surface area contributed by atoms with E-state index in [4.69, 9.17) is 9.97 Å². The van der Waals surface area contributed by atoms with Gasteiger partial charge in [0, 0.05) is 49.4 Å². The molecule has 0 saturated carbocycles. The second-order valence-corrected chi connectivity index (χ2v) is 17.6. The Bertz CT molecular complexity index is 3890. The maximum Gasteiger partial charge on any atom is 0.416 e. The van der Waals surface area contributed by atoms with E-state index in [1.54, 1.807) is 60.7 Å². The first-order chi connectivity index (χ1) is 35.8. The predicted octanol–water partition coefficient (Wildman–Crippen LogP) is 17.8. The lowest BCUT2D eigenvalue weighted by atomic mass is 9.96. The van der Waals surface area contributed by atoms with Gasteiger partial charge in [-0.1, -0.05) is 72.8 Å². The summed E-state index contributed by atoms with van der Waals surface area (Å²) >= 11 is 0. The van der Waals surface area contributed by atoms with Crippen LogP contribution in [0.15, 0.2) is 170 Å². The van der Waals surface area contributed by atoms with Crippen molar-refractivity contribution in [1.82, 2.24) is 24.1 Å². The van der Waals surface area contributed by atoms with E-state index in [1.807, 2.05) is 0 Å². The van der Waals surface area contributed by atoms with Gasteiger partial charge in [-0.15, -0.1) is 0 Å². The first-order valence-electron chi connectivity index (χ1n) is 22.5. The highest BCUT2D eigenvalue weighted by Gasteiger charge is 2.37. The number of rotatable bonds is 6. The maximum atomic E-state index is 15.0. The third kappa shape index (κ3) is 8.79. The van der Waals surface area contributed by atoms with E-state index >= 15 is 13.2 Å². The van der Waals surface area contributed by atoms with Crippen LogP contribution >= 0.6 is 0 Å². The summed E-state index contributed by atoms with van der Waals surface area (Å²) in [5.74, 6) is 0.257. The van der Waals surface area contributed by atoms with Crippen molar-refractivity contribution in [3.8, 4) is 56.7 Å². The monoisotopic (exact) mass is 1060 g/mol. The molecule has 0 fully saturated rings. The van der Waals surface area contributed by atoms with Gasteiger partial charge in [0.05, 0.1) is 61.3 Å². The van der Waals surface area contributed by atoms with E-state index in [9.17, 15) is 52.7 Å². The highest BCUT2D eigenvalue weighted by molar-refractivity contribution is 6.12. The molecule has 3 heterocycles. The van der Waals surface area contributed by atoms with Gasteiger partial charge in [-0.05, 0) is 97.1 Å². The number of hydrogen-bond acceptors (Lipinski definition) is 3. The highest BCUT2D eigenvalue weighted by Crippen LogP contribution is 2.47. The van der Waals surface area contributed by atoms with Gasteiger partial charge in [-0.3, -0.25) is 0 Å². The number of aromatic nitrogens is 5. The number of alkyl halides is 15. The molecule has 0 radical (unpaired) electrons. The summed E-state index contributed by atoms with van der Waals surface area (Å²) < 4.78 is 220. The minimum atomic E-state index is -5.10. The van der Waals surface area contributed by atoms with E-state index in [0.717, 1.165) is 30.3 Å². The van der Waals surface area contributed by atoms with Crippen LogP contribution in [-0.2, 0) is 30.9 Å². The van der Waals surface area contributed by atoms with Crippen LogP contribution in [0.25, 0.3) is 100 Å². The second-order valence-electron chi connectivity index (χ2n) is 17.6. The fourth-order valence-electron chi connectivity index (χ4n) is 9.42. The van der Waals surface area contributed by atoms with Crippen molar-refractivity contribution < 1.29 is 65.9 Å². The van der Waals surface area contributed by atoms with Crippen molar-refractivity contribution in [3.05, 3.63) is 198 Å². The quantitative estimate of drug-likeness (QED) is 0.156. The van der Waals surface area contributed by atoms with Gasteiger partial charge in [0.2, 0.25) is 0 Å². The van der Waals surface area contributed by atoms with Gasteiger partial charge in [0.1, 0.15) is 0 Å². The summed E-state index contributed by atoms with van der Waals surface area (Å²) in [7, 11) is 0. The van der Waals surface area contributed by atoms with Crippen molar-refractivity contribution in [2.24, 2.45) is 0 Å². The smallest absolute Gasteiger partial charge is 0.309 e. The molecule has 11 aromatic rings. The van der Waals surface area contributed by atoms with Crippen molar-refractivity contribution in [3.63, 3.8) is 0 Å². The first-order valence-corrected chi connectivity index (χ1v) is 22.5. The van der Waals surface area contributed by atoms with Crippen LogP contribution in [-0.4, -0.2) is 24.1 Å². The average Bonchev–Trinajstić information content (AvgIpc) is 3.89. The molecular formula is C56H28F15N5. The summed E-state index contributed by atoms with van der Waals surface area (Å²) in [5.41, 5.74) is -6.79. The molecule has 0 aliphatic rings. The third-order valence-corrected chi connectivity index (χ3v) is 12.9. The van der Waals surface area contributed by atoms with Gasteiger partial charge in [0.25, 0.3) is 0 Å². The Morgan fingerprint density at radius 2 is 0.579 bits per heavy atom. The van der Waals surface area contributed by atoms with Crippen LogP contribution in [0.3, 0.4) is 0 Å². The van der Waals surface area contributed by atoms with Gasteiger partial charge in [-0.25, -0.2) is 15.0 Å². The molecular weight excluding hydrogens is 1030 g/mol. The normalized spacial score (nSPS) is 12.9. The van der Waals surface area contributed by atoms with E-state index in [-0.39, 0.29) is 89.2 Å². The van der Waals surface area contributed by atoms with Crippen molar-refractivity contribution in [2.75, 3.05) is 0 Å². The summed E-state index contributed by atoms with van der Waals surface area (Å²) in [6.45, 7) is 0. The Balaban J connectivity index is 1.28. The van der Waals surface area contributed by atoms with E-state index < -0.39 is 58.7 Å². The molecule has 0 unspecified atom stereocenters. The lowest BCUT2D eigenvalue weighted by Crippen LogP contribution is -2.08. The third-order valence-electron chi connectivity index (χ3n) is 12.9. The van der Waals surface area contributed by atoms with Gasteiger partial charge in [-0.2, -0.15) is 65.9 Å². The Hall–Kier alpha value is -8.68. The topological polar surface area (TPSA) is 48.5 Å². The van der Waals surface area contributed by atoms with Crippen LogP contribution in [0.5, 0.6) is 0 Å². The van der Waals surface area contributed by atoms with Crippen LogP contribution < -0.4 is 0 Å². The summed E-state index contributed by atoms with van der Waals surface area (Å²) in [6.07, 6.45) is -25.1. The lowest BCUT2D eigenvalue weighted by molar-refractivity contribution is -0.138. The Morgan fingerprint density at radius 1 is 0.263 bits per heavy atom. The van der Waals surface area contributed by atoms with Crippen LogP contribution in [0.4, 0.5) is 65.9 Å². The van der Waals surface area contributed by atoms with Crippen molar-refractivity contribution in [1.29, 1.82) is 0 Å². The average molecular weight is 1060 g/mol. The fourth-order valence-corrected chi connectivity index (χ4v) is 9.42. The zero-order valence-electron chi connectivity index (χ0n) is 38.1. The second kappa shape index (κ2) is 17.5. The molecule has 20 heteroatoms. The van der Waals surface area contributed by atoms with Crippen LogP contribution in [0, 0.1) is 0 Å². The number of fused-ring (bicyclic) bond motifs is 6. The summed E-state index contributed by atoms with van der Waals surface area (Å²) in [6, 6.07) is 32.6. The molecule has 76 heavy (non-hydrogen) atoms. The summed E-state index contributed by atoms with van der Waals surface area (Å²) in [5, 5.41) is -1.42. The van der Waals surface area contributed by atoms with E-state index in [2.05, 4.69) is 4.98 Å². The molecule has 0 aliphatic carbocycles. The Labute approximate surface area is 417 Å². The van der Waals surface area contributed by atoms with E-state index in [1.165, 1.54) is 27.3 Å². The molecule has 11 rings (SSSR count). The molecule has 382 valence electrons. The van der Waals surface area contributed by atoms with Crippen LogP contribution in [0.1, 0.15) is 27.8 Å².